The van der Waals surface area contributed by atoms with Crippen LogP contribution in [0, 0.1) is 11.8 Å². The van der Waals surface area contributed by atoms with Crippen LogP contribution in [-0.4, -0.2) is 48.4 Å². The lowest BCUT2D eigenvalue weighted by molar-refractivity contribution is -0.131. The van der Waals surface area contributed by atoms with E-state index in [1.807, 2.05) is 6.07 Å². The van der Waals surface area contributed by atoms with Crippen LogP contribution in [0.5, 0.6) is 0 Å². The van der Waals surface area contributed by atoms with Crippen molar-refractivity contribution in [2.45, 2.75) is 51.9 Å². The summed E-state index contributed by atoms with van der Waals surface area (Å²) in [5.74, 6) is 2.03. The molecule has 138 valence electrons. The molecular formula is C22H34N2O. The number of amides is 1. The molecule has 0 N–H and O–H groups in total. The van der Waals surface area contributed by atoms with Crippen molar-refractivity contribution < 1.29 is 4.79 Å². The Kier molecular flexibility index (Phi) is 6.92. The zero-order chi connectivity index (χ0) is 17.5. The number of likely N-dealkylation sites (tertiary alicyclic amines) is 2. The molecule has 0 spiro atoms. The van der Waals surface area contributed by atoms with Crippen molar-refractivity contribution in [3.05, 3.63) is 35.9 Å². The van der Waals surface area contributed by atoms with Crippen LogP contribution in [0.3, 0.4) is 0 Å². The molecule has 1 unspecified atom stereocenters. The number of carbonyl (C=O) groups excluding carboxylic acids is 1. The summed E-state index contributed by atoms with van der Waals surface area (Å²) in [7, 11) is 0. The number of nitrogens with zero attached hydrogens (tertiary/aromatic N) is 2. The maximum Gasteiger partial charge on any atom is 0.222 e. The molecule has 3 rings (SSSR count). The fourth-order valence-electron chi connectivity index (χ4n) is 4.26. The predicted octanol–water partition coefficient (Wildman–Crippen LogP) is 3.98. The number of piperidine rings is 1. The second-order valence-corrected chi connectivity index (χ2v) is 8.15. The van der Waals surface area contributed by atoms with E-state index in [-0.39, 0.29) is 0 Å². The largest absolute Gasteiger partial charge is 0.343 e. The third-order valence-electron chi connectivity index (χ3n) is 6.06. The van der Waals surface area contributed by atoms with Crippen molar-refractivity contribution >= 4 is 5.91 Å². The van der Waals surface area contributed by atoms with E-state index in [0.29, 0.717) is 12.3 Å². The van der Waals surface area contributed by atoms with Crippen molar-refractivity contribution in [2.75, 3.05) is 32.7 Å². The van der Waals surface area contributed by atoms with Gasteiger partial charge in [0.1, 0.15) is 0 Å². The molecule has 0 radical (unpaired) electrons. The van der Waals surface area contributed by atoms with Crippen molar-refractivity contribution in [1.29, 1.82) is 0 Å². The summed E-state index contributed by atoms with van der Waals surface area (Å²) < 4.78 is 0. The average molecular weight is 343 g/mol. The lowest BCUT2D eigenvalue weighted by Gasteiger charge is -2.32. The Morgan fingerprint density at radius 3 is 2.52 bits per heavy atom. The average Bonchev–Trinajstić information content (AvgIpc) is 2.88. The molecule has 2 saturated heterocycles. The molecular weight excluding hydrogens is 308 g/mol. The molecule has 0 aromatic heterocycles. The van der Waals surface area contributed by atoms with Gasteiger partial charge in [0.15, 0.2) is 0 Å². The summed E-state index contributed by atoms with van der Waals surface area (Å²) in [6.45, 7) is 8.10. The fourth-order valence-corrected chi connectivity index (χ4v) is 4.26. The Balaban J connectivity index is 1.40. The van der Waals surface area contributed by atoms with Crippen LogP contribution in [0.15, 0.2) is 30.3 Å². The van der Waals surface area contributed by atoms with E-state index in [4.69, 9.17) is 0 Å². The molecule has 3 heteroatoms. The van der Waals surface area contributed by atoms with Gasteiger partial charge in [-0.3, -0.25) is 4.79 Å². The summed E-state index contributed by atoms with van der Waals surface area (Å²) in [6.07, 6.45) is 7.88. The van der Waals surface area contributed by atoms with Gasteiger partial charge in [-0.15, -0.1) is 0 Å². The van der Waals surface area contributed by atoms with Gasteiger partial charge in [-0.2, -0.15) is 0 Å². The molecule has 3 nitrogen and oxygen atoms in total. The minimum absolute atomic E-state index is 0.344. The van der Waals surface area contributed by atoms with Gasteiger partial charge in [0.05, 0.1) is 0 Å². The molecule has 2 fully saturated rings. The second-order valence-electron chi connectivity index (χ2n) is 8.15. The molecule has 0 aliphatic carbocycles. The lowest BCUT2D eigenvalue weighted by atomic mass is 9.95. The summed E-state index contributed by atoms with van der Waals surface area (Å²) in [4.78, 5) is 17.4. The summed E-state index contributed by atoms with van der Waals surface area (Å²) in [5, 5.41) is 0. The van der Waals surface area contributed by atoms with E-state index in [1.165, 1.54) is 57.3 Å². The van der Waals surface area contributed by atoms with Crippen molar-refractivity contribution in [2.24, 2.45) is 11.8 Å². The zero-order valence-corrected chi connectivity index (χ0v) is 15.8. The first-order valence-electron chi connectivity index (χ1n) is 10.2. The van der Waals surface area contributed by atoms with Crippen LogP contribution in [0.2, 0.25) is 0 Å². The molecule has 1 aromatic carbocycles. The van der Waals surface area contributed by atoms with Gasteiger partial charge in [0, 0.05) is 26.1 Å². The summed E-state index contributed by atoms with van der Waals surface area (Å²) in [6, 6.07) is 10.4. The second kappa shape index (κ2) is 9.38. The third kappa shape index (κ3) is 5.85. The van der Waals surface area contributed by atoms with Crippen LogP contribution in [0.4, 0.5) is 0 Å². The molecule has 0 bridgehead atoms. The maximum absolute atomic E-state index is 12.6. The van der Waals surface area contributed by atoms with Crippen LogP contribution in [0.1, 0.15) is 51.0 Å². The van der Waals surface area contributed by atoms with Crippen molar-refractivity contribution in [3.63, 3.8) is 0 Å². The van der Waals surface area contributed by atoms with Gasteiger partial charge >= 0.3 is 0 Å². The Morgan fingerprint density at radius 1 is 1.00 bits per heavy atom. The van der Waals surface area contributed by atoms with E-state index in [0.717, 1.165) is 31.3 Å². The Labute approximate surface area is 153 Å². The number of carbonyl (C=O) groups is 1. The smallest absolute Gasteiger partial charge is 0.222 e. The highest BCUT2D eigenvalue weighted by Crippen LogP contribution is 2.23. The SMILES string of the molecule is CC1CCN(CC2CCCN(C(=O)CCc3ccccc3)CC2)CC1. The van der Waals surface area contributed by atoms with Gasteiger partial charge in [0.25, 0.3) is 0 Å². The first kappa shape index (κ1) is 18.4. The predicted molar refractivity (Wildman–Crippen MR) is 104 cm³/mol. The highest BCUT2D eigenvalue weighted by molar-refractivity contribution is 5.76. The van der Waals surface area contributed by atoms with E-state index >= 15 is 0 Å². The van der Waals surface area contributed by atoms with Gasteiger partial charge in [-0.1, -0.05) is 37.3 Å². The van der Waals surface area contributed by atoms with E-state index in [1.54, 1.807) is 0 Å². The molecule has 1 aromatic rings. The number of hydrogen-bond acceptors (Lipinski definition) is 2. The normalized spacial score (nSPS) is 23.4. The number of hydrogen-bond donors (Lipinski definition) is 0. The summed E-state index contributed by atoms with van der Waals surface area (Å²) >= 11 is 0. The third-order valence-corrected chi connectivity index (χ3v) is 6.06. The Morgan fingerprint density at radius 2 is 1.76 bits per heavy atom. The molecule has 2 aliphatic heterocycles. The van der Waals surface area contributed by atoms with Crippen LogP contribution >= 0.6 is 0 Å². The molecule has 1 amide bonds. The minimum Gasteiger partial charge on any atom is -0.343 e. The van der Waals surface area contributed by atoms with E-state index < -0.39 is 0 Å². The van der Waals surface area contributed by atoms with Gasteiger partial charge in [-0.05, 0) is 69.0 Å². The number of rotatable bonds is 5. The molecule has 0 saturated carbocycles. The first-order valence-corrected chi connectivity index (χ1v) is 10.2. The molecule has 2 heterocycles. The van der Waals surface area contributed by atoms with E-state index in [2.05, 4.69) is 41.0 Å². The van der Waals surface area contributed by atoms with Gasteiger partial charge < -0.3 is 9.80 Å². The summed E-state index contributed by atoms with van der Waals surface area (Å²) in [5.41, 5.74) is 1.27. The number of benzene rings is 1. The van der Waals surface area contributed by atoms with Crippen molar-refractivity contribution in [1.82, 2.24) is 9.80 Å². The fraction of sp³-hybridized carbons (Fsp3) is 0.682. The number of aryl methyl sites for hydroxylation is 1. The monoisotopic (exact) mass is 342 g/mol. The molecule has 25 heavy (non-hydrogen) atoms. The molecule has 1 atom stereocenters. The minimum atomic E-state index is 0.344. The highest BCUT2D eigenvalue weighted by Gasteiger charge is 2.23. The van der Waals surface area contributed by atoms with Crippen molar-refractivity contribution in [3.8, 4) is 0 Å². The topological polar surface area (TPSA) is 23.6 Å². The highest BCUT2D eigenvalue weighted by atomic mass is 16.2. The maximum atomic E-state index is 12.6. The Hall–Kier alpha value is -1.35. The van der Waals surface area contributed by atoms with E-state index in [9.17, 15) is 4.79 Å². The van der Waals surface area contributed by atoms with Crippen LogP contribution < -0.4 is 0 Å². The lowest BCUT2D eigenvalue weighted by Crippen LogP contribution is -2.37. The zero-order valence-electron chi connectivity index (χ0n) is 15.8. The Bertz CT molecular complexity index is 522. The van der Waals surface area contributed by atoms with Crippen LogP contribution in [0.25, 0.3) is 0 Å². The van der Waals surface area contributed by atoms with Gasteiger partial charge in [0.2, 0.25) is 5.91 Å². The first-order chi connectivity index (χ1) is 12.2. The van der Waals surface area contributed by atoms with Crippen LogP contribution in [-0.2, 0) is 11.2 Å². The van der Waals surface area contributed by atoms with Gasteiger partial charge in [-0.25, -0.2) is 0 Å². The molecule has 2 aliphatic rings. The quantitative estimate of drug-likeness (QED) is 0.808. The standard InChI is InChI=1S/C22H34N2O/c1-19-11-15-23(16-12-19)18-21-8-5-14-24(17-13-21)22(25)10-9-20-6-3-2-4-7-20/h2-4,6-7,19,21H,5,8-18H2,1H3.